The lowest BCUT2D eigenvalue weighted by Crippen LogP contribution is -2.44. The molecular formula is C25H38N2O. The Labute approximate surface area is 171 Å². The molecule has 28 heavy (non-hydrogen) atoms. The van der Waals surface area contributed by atoms with Gasteiger partial charge >= 0.3 is 0 Å². The highest BCUT2D eigenvalue weighted by Gasteiger charge is 2.47. The van der Waals surface area contributed by atoms with Crippen LogP contribution in [0.15, 0.2) is 24.3 Å². The SMILES string of the molecule is CC(C)C(=O)N[C@@H]1CC2(CCN(C[C@H]3C[C@H]4CC[C@H]3C4)CC2)c2ccccc21.[HH]. The molecule has 4 atom stereocenters. The number of carbonyl (C=O) groups excluding carboxylic acids is 1. The number of likely N-dealkylation sites (tertiary alicyclic amines) is 1. The van der Waals surface area contributed by atoms with Crippen molar-refractivity contribution in [3.05, 3.63) is 35.4 Å². The van der Waals surface area contributed by atoms with E-state index in [0.29, 0.717) is 0 Å². The molecule has 2 bridgehead atoms. The van der Waals surface area contributed by atoms with Gasteiger partial charge in [-0.2, -0.15) is 0 Å². The van der Waals surface area contributed by atoms with E-state index in [0.717, 1.165) is 24.2 Å². The molecular weight excluding hydrogens is 344 g/mol. The third-order valence-corrected chi connectivity index (χ3v) is 8.53. The molecule has 5 rings (SSSR count). The van der Waals surface area contributed by atoms with Crippen molar-refractivity contribution in [2.45, 2.75) is 70.3 Å². The molecule has 3 nitrogen and oxygen atoms in total. The van der Waals surface area contributed by atoms with E-state index < -0.39 is 0 Å². The quantitative estimate of drug-likeness (QED) is 0.802. The molecule has 3 aliphatic carbocycles. The van der Waals surface area contributed by atoms with Crippen LogP contribution in [0.3, 0.4) is 0 Å². The van der Waals surface area contributed by atoms with Crippen LogP contribution >= 0.6 is 0 Å². The average molecular weight is 383 g/mol. The molecule has 1 amide bonds. The molecule has 2 saturated carbocycles. The summed E-state index contributed by atoms with van der Waals surface area (Å²) in [5.74, 6) is 3.29. The molecule has 1 aromatic rings. The number of nitrogens with one attached hydrogen (secondary N) is 1. The first-order chi connectivity index (χ1) is 13.5. The van der Waals surface area contributed by atoms with Crippen molar-refractivity contribution in [2.75, 3.05) is 19.6 Å². The monoisotopic (exact) mass is 382 g/mol. The predicted octanol–water partition coefficient (Wildman–Crippen LogP) is 4.92. The van der Waals surface area contributed by atoms with Crippen LogP contribution in [0, 0.1) is 23.7 Å². The van der Waals surface area contributed by atoms with Crippen LogP contribution in [0.25, 0.3) is 0 Å². The van der Waals surface area contributed by atoms with Gasteiger partial charge in [0.2, 0.25) is 5.91 Å². The summed E-state index contributed by atoms with van der Waals surface area (Å²) < 4.78 is 0. The zero-order valence-electron chi connectivity index (χ0n) is 17.6. The molecule has 0 unspecified atom stereocenters. The van der Waals surface area contributed by atoms with Gasteiger partial charge in [0.1, 0.15) is 0 Å². The first-order valence-electron chi connectivity index (χ1n) is 11.7. The molecule has 4 aliphatic rings. The summed E-state index contributed by atoms with van der Waals surface area (Å²) in [5, 5.41) is 3.34. The topological polar surface area (TPSA) is 32.3 Å². The van der Waals surface area contributed by atoms with E-state index in [-0.39, 0.29) is 24.7 Å². The maximum atomic E-state index is 12.4. The van der Waals surface area contributed by atoms with Gasteiger partial charge in [0.25, 0.3) is 0 Å². The highest BCUT2D eigenvalue weighted by Crippen LogP contribution is 2.52. The smallest absolute Gasteiger partial charge is 0.223 e. The van der Waals surface area contributed by atoms with E-state index in [1.54, 1.807) is 0 Å². The Morgan fingerprint density at radius 3 is 2.68 bits per heavy atom. The van der Waals surface area contributed by atoms with Crippen LogP contribution in [0.2, 0.25) is 0 Å². The molecule has 1 N–H and O–H groups in total. The molecule has 1 saturated heterocycles. The summed E-state index contributed by atoms with van der Waals surface area (Å²) >= 11 is 0. The maximum absolute atomic E-state index is 12.4. The zero-order chi connectivity index (χ0) is 19.3. The number of rotatable bonds is 4. The van der Waals surface area contributed by atoms with Gasteiger partial charge in [0.05, 0.1) is 6.04 Å². The second-order valence-corrected chi connectivity index (χ2v) is 10.5. The average Bonchev–Trinajstić information content (AvgIpc) is 3.39. The van der Waals surface area contributed by atoms with Crippen LogP contribution in [0.1, 0.15) is 77.4 Å². The van der Waals surface area contributed by atoms with E-state index in [4.69, 9.17) is 0 Å². The fraction of sp³-hybridized carbons (Fsp3) is 0.720. The standard InChI is InChI=1S/C25H36N2O.H2/c1-17(2)24(28)26-23-15-25(22-6-4-3-5-21(22)23)9-11-27(12-10-25)16-20-14-18-7-8-19(20)13-18;/h3-6,17-20,23H,7-16H2,1-2H3,(H,26,28);1H/t18-,19-,20+,23+;/m0./s1. The Morgan fingerprint density at radius 1 is 1.21 bits per heavy atom. The highest BCUT2D eigenvalue weighted by molar-refractivity contribution is 5.78. The number of fused-ring (bicyclic) bond motifs is 4. The van der Waals surface area contributed by atoms with E-state index in [1.165, 1.54) is 69.3 Å². The van der Waals surface area contributed by atoms with Crippen molar-refractivity contribution >= 4 is 5.91 Å². The van der Waals surface area contributed by atoms with E-state index in [1.807, 2.05) is 13.8 Å². The largest absolute Gasteiger partial charge is 0.349 e. The Morgan fingerprint density at radius 2 is 2.00 bits per heavy atom. The molecule has 3 heteroatoms. The van der Waals surface area contributed by atoms with Gasteiger partial charge in [-0.05, 0) is 80.5 Å². The minimum Gasteiger partial charge on any atom is -0.349 e. The van der Waals surface area contributed by atoms with Crippen molar-refractivity contribution in [3.8, 4) is 0 Å². The highest BCUT2D eigenvalue weighted by atomic mass is 16.1. The predicted molar refractivity (Wildman–Crippen MR) is 115 cm³/mol. The van der Waals surface area contributed by atoms with Gasteiger partial charge in [-0.1, -0.05) is 44.5 Å². The molecule has 0 aromatic heterocycles. The summed E-state index contributed by atoms with van der Waals surface area (Å²) in [6.07, 6.45) is 9.61. The van der Waals surface area contributed by atoms with E-state index in [9.17, 15) is 4.79 Å². The minimum absolute atomic E-state index is 0. The van der Waals surface area contributed by atoms with Crippen molar-refractivity contribution in [1.29, 1.82) is 0 Å². The van der Waals surface area contributed by atoms with Gasteiger partial charge in [-0.3, -0.25) is 4.79 Å². The molecule has 154 valence electrons. The molecule has 1 aliphatic heterocycles. The van der Waals surface area contributed by atoms with E-state index in [2.05, 4.69) is 34.5 Å². The van der Waals surface area contributed by atoms with Crippen molar-refractivity contribution in [3.63, 3.8) is 0 Å². The molecule has 1 aromatic carbocycles. The minimum atomic E-state index is 0. The fourth-order valence-electron chi connectivity index (χ4n) is 6.93. The lowest BCUT2D eigenvalue weighted by molar-refractivity contribution is -0.124. The number of hydrogen-bond acceptors (Lipinski definition) is 2. The van der Waals surface area contributed by atoms with Crippen LogP contribution in [0.5, 0.6) is 0 Å². The molecule has 0 radical (unpaired) electrons. The second kappa shape index (κ2) is 7.16. The fourth-order valence-corrected chi connectivity index (χ4v) is 6.93. The number of nitrogens with zero attached hydrogens (tertiary/aromatic N) is 1. The van der Waals surface area contributed by atoms with Gasteiger partial charge in [0, 0.05) is 19.3 Å². The third kappa shape index (κ3) is 3.20. The first-order valence-corrected chi connectivity index (χ1v) is 11.7. The third-order valence-electron chi connectivity index (χ3n) is 8.53. The van der Waals surface area contributed by atoms with Crippen LogP contribution in [-0.4, -0.2) is 30.4 Å². The van der Waals surface area contributed by atoms with Gasteiger partial charge in [0.15, 0.2) is 0 Å². The second-order valence-electron chi connectivity index (χ2n) is 10.5. The van der Waals surface area contributed by atoms with Crippen molar-refractivity contribution in [2.24, 2.45) is 23.7 Å². The number of amides is 1. The van der Waals surface area contributed by atoms with Crippen LogP contribution in [0.4, 0.5) is 0 Å². The van der Waals surface area contributed by atoms with Crippen molar-refractivity contribution < 1.29 is 6.22 Å². The van der Waals surface area contributed by atoms with Gasteiger partial charge in [-0.25, -0.2) is 0 Å². The van der Waals surface area contributed by atoms with Gasteiger partial charge < -0.3 is 10.2 Å². The number of hydrogen-bond donors (Lipinski definition) is 1. The summed E-state index contributed by atoms with van der Waals surface area (Å²) in [6, 6.07) is 9.11. The Bertz CT molecular complexity index is 740. The molecule has 1 spiro atoms. The van der Waals surface area contributed by atoms with Crippen molar-refractivity contribution in [1.82, 2.24) is 10.2 Å². The lowest BCUT2D eigenvalue weighted by atomic mass is 9.73. The summed E-state index contributed by atoms with van der Waals surface area (Å²) in [5.41, 5.74) is 3.16. The van der Waals surface area contributed by atoms with Crippen LogP contribution < -0.4 is 5.32 Å². The number of carbonyl (C=O) groups is 1. The summed E-state index contributed by atoms with van der Waals surface area (Å²) in [6.45, 7) is 7.77. The Kier molecular flexibility index (Phi) is 4.77. The number of benzene rings is 1. The Balaban J connectivity index is 0.00000205. The summed E-state index contributed by atoms with van der Waals surface area (Å²) in [4.78, 5) is 15.1. The molecule has 1 heterocycles. The normalized spacial score (nSPS) is 33.5. The molecule has 3 fully saturated rings. The van der Waals surface area contributed by atoms with Crippen LogP contribution in [-0.2, 0) is 10.2 Å². The first kappa shape index (κ1) is 18.7. The number of piperidine rings is 1. The van der Waals surface area contributed by atoms with E-state index >= 15 is 0 Å². The maximum Gasteiger partial charge on any atom is 0.223 e. The lowest BCUT2D eigenvalue weighted by Gasteiger charge is -2.42. The Hall–Kier alpha value is -1.35. The van der Waals surface area contributed by atoms with Gasteiger partial charge in [-0.15, -0.1) is 0 Å². The zero-order valence-corrected chi connectivity index (χ0v) is 17.6. The summed E-state index contributed by atoms with van der Waals surface area (Å²) in [7, 11) is 0.